The summed E-state index contributed by atoms with van der Waals surface area (Å²) in [7, 11) is 6.01. The zero-order valence-corrected chi connectivity index (χ0v) is 20.8. The minimum Gasteiger partial charge on any atom is -0.377 e. The molecule has 1 heterocycles. The number of hydrogen-bond acceptors (Lipinski definition) is 4. The monoisotopic (exact) mass is 498 g/mol. The highest BCUT2D eigenvalue weighted by Crippen LogP contribution is 2.33. The molecule has 6 nitrogen and oxygen atoms in total. The van der Waals surface area contributed by atoms with E-state index >= 15 is 0 Å². The second-order valence-corrected chi connectivity index (χ2v) is 8.56. The van der Waals surface area contributed by atoms with Crippen LogP contribution < -0.4 is 10.6 Å². The quantitative estimate of drug-likeness (QED) is 0.291. The number of halogens is 1. The van der Waals surface area contributed by atoms with E-state index in [-0.39, 0.29) is 41.6 Å². The predicted molar refractivity (Wildman–Crippen MR) is 125 cm³/mol. The second kappa shape index (κ2) is 14.0. The Morgan fingerprint density at radius 3 is 2.56 bits per heavy atom. The molecule has 1 aliphatic heterocycles. The largest absolute Gasteiger partial charge is 0.377 e. The van der Waals surface area contributed by atoms with Crippen molar-refractivity contribution in [3.63, 3.8) is 0 Å². The van der Waals surface area contributed by atoms with E-state index in [0.717, 1.165) is 51.6 Å². The molecule has 0 aromatic heterocycles. The fraction of sp³-hybridized carbons (Fsp3) is 0.950. The number of nitrogens with one attached hydrogen (secondary N) is 2. The van der Waals surface area contributed by atoms with Crippen molar-refractivity contribution in [3.05, 3.63) is 0 Å². The first-order valence-corrected chi connectivity index (χ1v) is 10.1. The molecule has 3 unspecified atom stereocenters. The molecule has 0 aliphatic carbocycles. The Morgan fingerprint density at radius 1 is 1.30 bits per heavy atom. The van der Waals surface area contributed by atoms with E-state index in [2.05, 4.69) is 55.4 Å². The average molecular weight is 498 g/mol. The molecule has 1 fully saturated rings. The molecule has 7 heteroatoms. The maximum Gasteiger partial charge on any atom is 0.191 e. The summed E-state index contributed by atoms with van der Waals surface area (Å²) in [5, 5.41) is 6.92. The van der Waals surface area contributed by atoms with Gasteiger partial charge in [0.05, 0.1) is 12.2 Å². The topological polar surface area (TPSA) is 58.1 Å². The molecule has 0 saturated carbocycles. The molecule has 0 aromatic rings. The van der Waals surface area contributed by atoms with Crippen LogP contribution in [0.2, 0.25) is 0 Å². The summed E-state index contributed by atoms with van der Waals surface area (Å²) in [6.07, 6.45) is 3.84. The molecule has 1 rings (SSSR count). The molecule has 0 radical (unpaired) electrons. The number of hydrogen-bond donors (Lipinski definition) is 2. The summed E-state index contributed by atoms with van der Waals surface area (Å²) in [6.45, 7) is 13.1. The van der Waals surface area contributed by atoms with Crippen LogP contribution in [0.4, 0.5) is 0 Å². The van der Waals surface area contributed by atoms with Gasteiger partial charge in [-0.2, -0.15) is 0 Å². The zero-order chi connectivity index (χ0) is 19.6. The molecule has 2 N–H and O–H groups in total. The summed E-state index contributed by atoms with van der Waals surface area (Å²) in [4.78, 5) is 6.56. The minimum absolute atomic E-state index is 0. The molecular weight excluding hydrogens is 455 g/mol. The van der Waals surface area contributed by atoms with Crippen LogP contribution in [0.3, 0.4) is 0 Å². The maximum absolute atomic E-state index is 6.08. The Kier molecular flexibility index (Phi) is 13.9. The van der Waals surface area contributed by atoms with Crippen molar-refractivity contribution in [2.75, 3.05) is 54.0 Å². The van der Waals surface area contributed by atoms with Crippen molar-refractivity contribution in [3.8, 4) is 0 Å². The first-order valence-electron chi connectivity index (χ1n) is 10.1. The van der Waals surface area contributed by atoms with Gasteiger partial charge in [-0.3, -0.25) is 4.99 Å². The molecule has 0 amide bonds. The molecule has 0 bridgehead atoms. The number of aliphatic imine (C=N–C) groups is 1. The highest BCUT2D eigenvalue weighted by molar-refractivity contribution is 14.0. The number of rotatable bonds is 9. The lowest BCUT2D eigenvalue weighted by Crippen LogP contribution is -2.48. The summed E-state index contributed by atoms with van der Waals surface area (Å²) < 4.78 is 11.9. The molecular formula is C20H43IN4O2. The van der Waals surface area contributed by atoms with Crippen molar-refractivity contribution >= 4 is 29.9 Å². The first kappa shape index (κ1) is 26.9. The van der Waals surface area contributed by atoms with Crippen molar-refractivity contribution in [1.29, 1.82) is 0 Å². The van der Waals surface area contributed by atoms with Gasteiger partial charge in [0.25, 0.3) is 0 Å². The van der Waals surface area contributed by atoms with E-state index in [0.29, 0.717) is 5.92 Å². The Labute approximate surface area is 184 Å². The van der Waals surface area contributed by atoms with E-state index < -0.39 is 0 Å². The Hall–Kier alpha value is -0.120. The number of ether oxygens (including phenoxy) is 2. The van der Waals surface area contributed by atoms with E-state index in [1.807, 2.05) is 14.0 Å². The Balaban J connectivity index is 0.00000676. The summed E-state index contributed by atoms with van der Waals surface area (Å²) in [5.41, 5.74) is 0.163. The van der Waals surface area contributed by atoms with E-state index in [4.69, 9.17) is 9.47 Å². The van der Waals surface area contributed by atoms with Gasteiger partial charge in [-0.25, -0.2) is 0 Å². The molecule has 1 saturated heterocycles. The van der Waals surface area contributed by atoms with Crippen LogP contribution in [0.5, 0.6) is 0 Å². The maximum atomic E-state index is 6.08. The van der Waals surface area contributed by atoms with Gasteiger partial charge in [-0.15, -0.1) is 24.0 Å². The lowest BCUT2D eigenvalue weighted by Gasteiger charge is -2.40. The van der Waals surface area contributed by atoms with Crippen LogP contribution in [-0.2, 0) is 9.47 Å². The van der Waals surface area contributed by atoms with Gasteiger partial charge in [-0.05, 0) is 45.7 Å². The SMILES string of the molecule is CCOC(CCN(C)C)CNC(=NC)NCC1CCCOC1C(C)(C)C.I. The summed E-state index contributed by atoms with van der Waals surface area (Å²) >= 11 is 0. The van der Waals surface area contributed by atoms with Crippen molar-refractivity contribution in [1.82, 2.24) is 15.5 Å². The van der Waals surface area contributed by atoms with Gasteiger partial charge in [0, 0.05) is 45.8 Å². The Morgan fingerprint density at radius 2 is 2.00 bits per heavy atom. The lowest BCUT2D eigenvalue weighted by atomic mass is 9.78. The smallest absolute Gasteiger partial charge is 0.191 e. The van der Waals surface area contributed by atoms with Gasteiger partial charge >= 0.3 is 0 Å². The predicted octanol–water partition coefficient (Wildman–Crippen LogP) is 2.97. The summed E-state index contributed by atoms with van der Waals surface area (Å²) in [6, 6.07) is 0. The highest BCUT2D eigenvalue weighted by atomic mass is 127. The lowest BCUT2D eigenvalue weighted by molar-refractivity contribution is -0.0835. The normalized spacial score (nSPS) is 22.3. The van der Waals surface area contributed by atoms with Crippen molar-refractivity contribution < 1.29 is 9.47 Å². The first-order chi connectivity index (χ1) is 12.3. The average Bonchev–Trinajstić information content (AvgIpc) is 2.59. The van der Waals surface area contributed by atoms with Crippen LogP contribution in [0.1, 0.15) is 47.0 Å². The van der Waals surface area contributed by atoms with E-state index in [1.165, 1.54) is 6.42 Å². The van der Waals surface area contributed by atoms with Crippen LogP contribution in [-0.4, -0.2) is 77.1 Å². The third-order valence-corrected chi connectivity index (χ3v) is 4.85. The zero-order valence-electron chi connectivity index (χ0n) is 18.5. The van der Waals surface area contributed by atoms with Gasteiger partial charge in [0.2, 0.25) is 0 Å². The fourth-order valence-corrected chi connectivity index (χ4v) is 3.55. The molecule has 1 aliphatic rings. The van der Waals surface area contributed by atoms with Gasteiger partial charge in [-0.1, -0.05) is 20.8 Å². The molecule has 0 spiro atoms. The van der Waals surface area contributed by atoms with Crippen LogP contribution in [0.25, 0.3) is 0 Å². The number of guanidine groups is 1. The van der Waals surface area contributed by atoms with Crippen LogP contribution in [0.15, 0.2) is 4.99 Å². The second-order valence-electron chi connectivity index (χ2n) is 8.56. The summed E-state index contributed by atoms with van der Waals surface area (Å²) in [5.74, 6) is 1.36. The van der Waals surface area contributed by atoms with E-state index in [9.17, 15) is 0 Å². The van der Waals surface area contributed by atoms with Crippen LogP contribution >= 0.6 is 24.0 Å². The van der Waals surface area contributed by atoms with Crippen molar-refractivity contribution in [2.45, 2.75) is 59.2 Å². The van der Waals surface area contributed by atoms with Gasteiger partial charge in [0.15, 0.2) is 5.96 Å². The molecule has 3 atom stereocenters. The third kappa shape index (κ3) is 10.9. The van der Waals surface area contributed by atoms with Crippen LogP contribution in [0, 0.1) is 11.3 Å². The van der Waals surface area contributed by atoms with E-state index in [1.54, 1.807) is 0 Å². The molecule has 162 valence electrons. The number of nitrogens with zero attached hydrogens (tertiary/aromatic N) is 2. The standard InChI is InChI=1S/C20H42N4O2.HI/c1-8-25-17(11-12-24(6)7)15-23-19(21-5)22-14-16-10-9-13-26-18(16)20(2,3)4;/h16-18H,8-15H2,1-7H3,(H2,21,22,23);1H. The van der Waals surface area contributed by atoms with Crippen molar-refractivity contribution in [2.24, 2.45) is 16.3 Å². The minimum atomic E-state index is 0. The fourth-order valence-electron chi connectivity index (χ4n) is 3.55. The van der Waals surface area contributed by atoms with Gasteiger partial charge in [0.1, 0.15) is 0 Å². The highest BCUT2D eigenvalue weighted by Gasteiger charge is 2.35. The molecule has 27 heavy (non-hydrogen) atoms. The Bertz CT molecular complexity index is 413. The third-order valence-electron chi connectivity index (χ3n) is 4.85. The molecule has 0 aromatic carbocycles. The van der Waals surface area contributed by atoms with Gasteiger partial charge < -0.3 is 25.0 Å².